The molecule has 0 spiro atoms. The van der Waals surface area contributed by atoms with Crippen LogP contribution in [0.4, 0.5) is 4.39 Å². The van der Waals surface area contributed by atoms with Gasteiger partial charge in [-0.1, -0.05) is 23.9 Å². The Labute approximate surface area is 182 Å². The van der Waals surface area contributed by atoms with Crippen LogP contribution in [0.2, 0.25) is 0 Å². The average molecular weight is 440 g/mol. The maximum Gasteiger partial charge on any atom is 0.253 e. The summed E-state index contributed by atoms with van der Waals surface area (Å²) in [5, 5.41) is 8.06. The molecule has 0 aliphatic carbocycles. The van der Waals surface area contributed by atoms with Gasteiger partial charge in [-0.15, -0.1) is 5.10 Å². The molecular formula is C21H22FN7OS. The normalized spacial score (nSPS) is 12.3. The highest BCUT2D eigenvalue weighted by Gasteiger charge is 2.23. The van der Waals surface area contributed by atoms with Crippen molar-refractivity contribution < 1.29 is 9.18 Å². The second kappa shape index (κ2) is 8.46. The number of hydrogen-bond donors (Lipinski definition) is 1. The monoisotopic (exact) mass is 439 g/mol. The first-order valence-electron chi connectivity index (χ1n) is 9.66. The Hall–Kier alpha value is -3.27. The minimum absolute atomic E-state index is 0.102. The average Bonchev–Trinajstić information content (AvgIpc) is 3.35. The summed E-state index contributed by atoms with van der Waals surface area (Å²) in [4.78, 5) is 26.3. The largest absolute Gasteiger partial charge is 0.342 e. The minimum atomic E-state index is -0.588. The van der Waals surface area contributed by atoms with E-state index in [1.807, 2.05) is 27.2 Å². The number of aromatic nitrogens is 6. The van der Waals surface area contributed by atoms with Crippen molar-refractivity contribution in [3.8, 4) is 0 Å². The molecule has 0 aliphatic rings. The van der Waals surface area contributed by atoms with Crippen LogP contribution in [-0.4, -0.2) is 41.3 Å². The summed E-state index contributed by atoms with van der Waals surface area (Å²) in [6.07, 6.45) is 5.43. The summed E-state index contributed by atoms with van der Waals surface area (Å²) in [5.41, 5.74) is 2.93. The van der Waals surface area contributed by atoms with Crippen molar-refractivity contribution in [2.24, 2.45) is 7.05 Å². The van der Waals surface area contributed by atoms with E-state index in [4.69, 9.17) is 0 Å². The van der Waals surface area contributed by atoms with E-state index in [-0.39, 0.29) is 18.1 Å². The van der Waals surface area contributed by atoms with E-state index < -0.39 is 6.04 Å². The second-order valence-electron chi connectivity index (χ2n) is 7.20. The van der Waals surface area contributed by atoms with E-state index in [2.05, 4.69) is 25.4 Å². The van der Waals surface area contributed by atoms with Crippen molar-refractivity contribution in [3.05, 3.63) is 70.8 Å². The van der Waals surface area contributed by atoms with Crippen LogP contribution in [0.1, 0.15) is 34.4 Å². The Morgan fingerprint density at radius 3 is 2.77 bits per heavy atom. The molecule has 0 fully saturated rings. The number of fused-ring (bicyclic) bond motifs is 1. The third-order valence-corrected chi connectivity index (χ3v) is 5.69. The van der Waals surface area contributed by atoms with Gasteiger partial charge < -0.3 is 9.88 Å². The van der Waals surface area contributed by atoms with Crippen molar-refractivity contribution in [2.75, 3.05) is 6.26 Å². The predicted molar refractivity (Wildman–Crippen MR) is 115 cm³/mol. The first-order valence-corrected chi connectivity index (χ1v) is 10.9. The fourth-order valence-corrected chi connectivity index (χ4v) is 3.88. The molecule has 1 unspecified atom stereocenters. The molecule has 0 saturated carbocycles. The molecule has 4 aromatic rings. The van der Waals surface area contributed by atoms with Crippen molar-refractivity contribution >= 4 is 23.4 Å². The number of nitrogens with one attached hydrogen (secondary N) is 1. The Morgan fingerprint density at radius 2 is 2.10 bits per heavy atom. The number of rotatable bonds is 6. The fraction of sp³-hybridized carbons (Fsp3) is 0.286. The third kappa shape index (κ3) is 4.15. The maximum absolute atomic E-state index is 13.9. The highest BCUT2D eigenvalue weighted by Crippen LogP contribution is 2.22. The number of amides is 1. The molecule has 0 radical (unpaired) electrons. The van der Waals surface area contributed by atoms with E-state index in [1.165, 1.54) is 23.9 Å². The van der Waals surface area contributed by atoms with Crippen LogP contribution in [0.25, 0.3) is 5.78 Å². The molecule has 31 heavy (non-hydrogen) atoms. The third-order valence-electron chi connectivity index (χ3n) is 5.15. The molecule has 160 valence electrons. The van der Waals surface area contributed by atoms with E-state index in [0.29, 0.717) is 22.3 Å². The molecule has 1 atom stereocenters. The Kier molecular flexibility index (Phi) is 5.73. The Morgan fingerprint density at radius 1 is 1.29 bits per heavy atom. The van der Waals surface area contributed by atoms with Crippen LogP contribution < -0.4 is 5.32 Å². The molecule has 10 heteroatoms. The molecule has 0 bridgehead atoms. The SMILES string of the molecule is CSc1nc2nc(C)c(CC(=O)NC(c3cccc(F)c3)c3nccn3C)c(C)n2n1. The molecule has 1 amide bonds. The quantitative estimate of drug-likeness (QED) is 0.465. The zero-order valence-corrected chi connectivity index (χ0v) is 18.4. The summed E-state index contributed by atoms with van der Waals surface area (Å²) >= 11 is 1.43. The minimum Gasteiger partial charge on any atom is -0.342 e. The van der Waals surface area contributed by atoms with Gasteiger partial charge in [-0.05, 0) is 37.8 Å². The smallest absolute Gasteiger partial charge is 0.253 e. The standard InChI is InChI=1S/C21H22FN7OS/c1-12-16(13(2)29-20(24-12)26-21(27-29)31-4)11-17(30)25-18(19-23-8-9-28(19)3)14-6-5-7-15(22)10-14/h5-10,18H,11H2,1-4H3,(H,25,30). The van der Waals surface area contributed by atoms with Gasteiger partial charge in [0.15, 0.2) is 0 Å². The molecule has 3 heterocycles. The van der Waals surface area contributed by atoms with Crippen LogP contribution in [0, 0.1) is 19.7 Å². The number of halogens is 1. The van der Waals surface area contributed by atoms with E-state index in [9.17, 15) is 9.18 Å². The van der Waals surface area contributed by atoms with Gasteiger partial charge in [0.25, 0.3) is 5.78 Å². The van der Waals surface area contributed by atoms with Crippen LogP contribution >= 0.6 is 11.8 Å². The van der Waals surface area contributed by atoms with E-state index in [1.54, 1.807) is 33.6 Å². The predicted octanol–water partition coefficient (Wildman–Crippen LogP) is 2.78. The Bertz CT molecular complexity index is 1270. The molecule has 3 aromatic heterocycles. The summed E-state index contributed by atoms with van der Waals surface area (Å²) in [6.45, 7) is 3.75. The molecule has 0 aliphatic heterocycles. The van der Waals surface area contributed by atoms with Gasteiger partial charge in [0, 0.05) is 36.4 Å². The Balaban J connectivity index is 1.65. The summed E-state index contributed by atoms with van der Waals surface area (Å²) < 4.78 is 17.3. The molecule has 1 N–H and O–H groups in total. The zero-order chi connectivity index (χ0) is 22.1. The van der Waals surface area contributed by atoms with Crippen molar-refractivity contribution in [3.63, 3.8) is 0 Å². The van der Waals surface area contributed by atoms with Gasteiger partial charge in [-0.25, -0.2) is 18.9 Å². The number of benzene rings is 1. The number of hydrogen-bond acceptors (Lipinski definition) is 6. The number of carbonyl (C=O) groups excluding carboxylic acids is 1. The summed E-state index contributed by atoms with van der Waals surface area (Å²) in [6, 6.07) is 5.58. The first kappa shape index (κ1) is 21.0. The lowest BCUT2D eigenvalue weighted by Crippen LogP contribution is -2.32. The van der Waals surface area contributed by atoms with Crippen LogP contribution in [0.15, 0.2) is 41.8 Å². The molecule has 1 aromatic carbocycles. The summed E-state index contributed by atoms with van der Waals surface area (Å²) in [7, 11) is 1.83. The maximum atomic E-state index is 13.9. The fourth-order valence-electron chi connectivity index (χ4n) is 3.54. The van der Waals surface area contributed by atoms with Crippen molar-refractivity contribution in [1.29, 1.82) is 0 Å². The molecule has 4 rings (SSSR count). The number of nitrogens with zero attached hydrogens (tertiary/aromatic N) is 6. The van der Waals surface area contributed by atoms with Gasteiger partial charge in [0.2, 0.25) is 11.1 Å². The summed E-state index contributed by atoms with van der Waals surface area (Å²) in [5.74, 6) is 0.522. The van der Waals surface area contributed by atoms with Crippen molar-refractivity contribution in [2.45, 2.75) is 31.5 Å². The number of aryl methyl sites for hydroxylation is 3. The first-order chi connectivity index (χ1) is 14.9. The molecular weight excluding hydrogens is 417 g/mol. The number of imidazole rings is 1. The lowest BCUT2D eigenvalue weighted by molar-refractivity contribution is -0.121. The lowest BCUT2D eigenvalue weighted by Gasteiger charge is -2.20. The van der Waals surface area contributed by atoms with Gasteiger partial charge in [0.1, 0.15) is 17.7 Å². The highest BCUT2D eigenvalue weighted by molar-refractivity contribution is 7.98. The topological polar surface area (TPSA) is 90.0 Å². The van der Waals surface area contributed by atoms with Gasteiger partial charge in [-0.3, -0.25) is 4.79 Å². The van der Waals surface area contributed by atoms with Gasteiger partial charge in [-0.2, -0.15) is 4.98 Å². The van der Waals surface area contributed by atoms with Crippen LogP contribution in [-0.2, 0) is 18.3 Å². The number of thioether (sulfide) groups is 1. The van der Waals surface area contributed by atoms with E-state index in [0.717, 1.165) is 17.0 Å². The van der Waals surface area contributed by atoms with Gasteiger partial charge in [0.05, 0.1) is 6.42 Å². The molecule has 8 nitrogen and oxygen atoms in total. The number of carbonyl (C=O) groups is 1. The lowest BCUT2D eigenvalue weighted by atomic mass is 10.0. The van der Waals surface area contributed by atoms with E-state index >= 15 is 0 Å². The highest BCUT2D eigenvalue weighted by atomic mass is 32.2. The van der Waals surface area contributed by atoms with Gasteiger partial charge >= 0.3 is 0 Å². The zero-order valence-electron chi connectivity index (χ0n) is 17.6. The molecule has 0 saturated heterocycles. The van der Waals surface area contributed by atoms with Crippen molar-refractivity contribution in [1.82, 2.24) is 34.4 Å². The van der Waals surface area contributed by atoms with Crippen LogP contribution in [0.3, 0.4) is 0 Å². The van der Waals surface area contributed by atoms with Crippen LogP contribution in [0.5, 0.6) is 0 Å². The second-order valence-corrected chi connectivity index (χ2v) is 7.97.